The van der Waals surface area contributed by atoms with Gasteiger partial charge in [0, 0.05) is 25.2 Å². The molecule has 2 aliphatic heterocycles. The van der Waals surface area contributed by atoms with Gasteiger partial charge in [0.05, 0.1) is 11.1 Å². The number of ether oxygens (including phenoxy) is 1. The number of hydrogen-bond donors (Lipinski definition) is 2. The van der Waals surface area contributed by atoms with E-state index in [1.807, 2.05) is 28.8 Å². The van der Waals surface area contributed by atoms with E-state index in [4.69, 9.17) is 41.1 Å². The largest absolute Gasteiger partial charge is 0.473 e. The molecule has 2 aromatic carbocycles. The number of carboxylic acid groups (broad SMARTS) is 2. The molecular formula is C27H27ClN4O5. The molecule has 0 spiro atoms. The Bertz CT molecular complexity index is 1330. The third-order valence-electron chi connectivity index (χ3n) is 6.59. The number of carboxylic acids is 2. The number of fused-ring (bicyclic) bond motifs is 2. The van der Waals surface area contributed by atoms with Crippen LogP contribution in [0.1, 0.15) is 41.6 Å². The maximum atomic E-state index is 10.1. The Hall–Kier alpha value is -3.71. The number of aryl methyl sites for hydroxylation is 1. The van der Waals surface area contributed by atoms with Crippen LogP contribution in [0.15, 0.2) is 48.5 Å². The van der Waals surface area contributed by atoms with Gasteiger partial charge in [-0.25, -0.2) is 14.6 Å². The van der Waals surface area contributed by atoms with Gasteiger partial charge in [-0.1, -0.05) is 54.1 Å². The molecule has 1 atom stereocenters. The highest BCUT2D eigenvalue weighted by molar-refractivity contribution is 6.33. The highest BCUT2D eigenvalue weighted by atomic mass is 35.5. The van der Waals surface area contributed by atoms with Gasteiger partial charge in [-0.05, 0) is 43.5 Å². The normalized spacial score (nSPS) is 17.4. The molecule has 1 unspecified atom stereocenters. The van der Waals surface area contributed by atoms with E-state index in [0.29, 0.717) is 23.0 Å². The van der Waals surface area contributed by atoms with Crippen LogP contribution in [-0.2, 0) is 27.3 Å². The molecule has 1 aromatic heterocycles. The first kappa shape index (κ1) is 26.4. The van der Waals surface area contributed by atoms with E-state index in [-0.39, 0.29) is 12.2 Å². The number of likely N-dealkylation sites (tertiary alicyclic amines) is 1. The summed E-state index contributed by atoms with van der Waals surface area (Å²) in [4.78, 5) is 25.5. The lowest BCUT2D eigenvalue weighted by atomic mass is 10.00. The van der Waals surface area contributed by atoms with Crippen LogP contribution in [0, 0.1) is 11.3 Å². The SMILES string of the molecule is CN1CCC(OC2c3ccccc3CCn3c2nc(-c2ccccc2Cl)c3C#N)CC1.O=C(O)C(=O)O. The van der Waals surface area contributed by atoms with Crippen molar-refractivity contribution in [2.75, 3.05) is 20.1 Å². The number of piperidine rings is 1. The number of nitrogens with zero attached hydrogens (tertiary/aromatic N) is 4. The number of aliphatic carboxylic acids is 2. The summed E-state index contributed by atoms with van der Waals surface area (Å²) in [6.07, 6.45) is 2.71. The molecule has 0 saturated carbocycles. The Kier molecular flexibility index (Phi) is 8.24. The summed E-state index contributed by atoms with van der Waals surface area (Å²) in [6.45, 7) is 2.75. The van der Waals surface area contributed by atoms with E-state index < -0.39 is 11.9 Å². The van der Waals surface area contributed by atoms with Gasteiger partial charge >= 0.3 is 11.9 Å². The summed E-state index contributed by atoms with van der Waals surface area (Å²) in [5.41, 5.74) is 4.38. The van der Waals surface area contributed by atoms with Crippen LogP contribution in [0.4, 0.5) is 0 Å². The van der Waals surface area contributed by atoms with Gasteiger partial charge in [0.2, 0.25) is 0 Å². The maximum absolute atomic E-state index is 10.1. The number of rotatable bonds is 3. The third-order valence-corrected chi connectivity index (χ3v) is 6.92. The predicted molar refractivity (Wildman–Crippen MR) is 136 cm³/mol. The first-order valence-electron chi connectivity index (χ1n) is 11.9. The molecule has 37 heavy (non-hydrogen) atoms. The molecule has 0 bridgehead atoms. The van der Waals surface area contributed by atoms with Crippen molar-refractivity contribution in [3.63, 3.8) is 0 Å². The number of aromatic nitrogens is 2. The second-order valence-electron chi connectivity index (χ2n) is 8.99. The Morgan fingerprint density at radius 3 is 2.35 bits per heavy atom. The lowest BCUT2D eigenvalue weighted by molar-refractivity contribution is -0.159. The van der Waals surface area contributed by atoms with E-state index >= 15 is 0 Å². The van der Waals surface area contributed by atoms with Gasteiger partial charge in [0.15, 0.2) is 0 Å². The van der Waals surface area contributed by atoms with Crippen LogP contribution < -0.4 is 0 Å². The van der Waals surface area contributed by atoms with Crippen molar-refractivity contribution in [2.24, 2.45) is 0 Å². The standard InChI is InChI=1S/C25H25ClN4O.C2H2O4/c1-29-13-11-18(12-14-29)31-24-19-7-3-2-6-17(19)10-15-30-22(16-27)23(28-25(24)30)20-8-4-5-9-21(20)26;3-1(4)2(5)6/h2-9,18,24H,10-15H2,1H3;(H,3,4)(H,5,6). The van der Waals surface area contributed by atoms with Gasteiger partial charge in [-0.3, -0.25) is 0 Å². The summed E-state index contributed by atoms with van der Waals surface area (Å²) in [6, 6.07) is 18.4. The minimum absolute atomic E-state index is 0.173. The van der Waals surface area contributed by atoms with Gasteiger partial charge in [0.1, 0.15) is 29.4 Å². The van der Waals surface area contributed by atoms with Crippen LogP contribution in [0.2, 0.25) is 5.02 Å². The molecule has 5 rings (SSSR count). The average Bonchev–Trinajstić information content (AvgIpc) is 3.18. The highest BCUT2D eigenvalue weighted by Crippen LogP contribution is 2.38. The highest BCUT2D eigenvalue weighted by Gasteiger charge is 2.33. The monoisotopic (exact) mass is 522 g/mol. The molecule has 9 nitrogen and oxygen atoms in total. The van der Waals surface area contributed by atoms with E-state index in [1.54, 1.807) is 0 Å². The van der Waals surface area contributed by atoms with E-state index in [1.165, 1.54) is 5.56 Å². The second kappa shape index (κ2) is 11.6. The van der Waals surface area contributed by atoms with E-state index in [2.05, 4.69) is 42.3 Å². The third kappa shape index (κ3) is 5.83. The van der Waals surface area contributed by atoms with Gasteiger partial charge in [-0.2, -0.15) is 5.26 Å². The number of hydrogen-bond acceptors (Lipinski definition) is 6. The summed E-state index contributed by atoms with van der Waals surface area (Å²) in [5.74, 6) is -2.85. The molecule has 0 amide bonds. The van der Waals surface area contributed by atoms with Crippen molar-refractivity contribution in [3.8, 4) is 17.3 Å². The smallest absolute Gasteiger partial charge is 0.414 e. The molecule has 2 N–H and O–H groups in total. The van der Waals surface area contributed by atoms with Crippen LogP contribution in [0.3, 0.4) is 0 Å². The zero-order chi connectivity index (χ0) is 26.5. The Morgan fingerprint density at radius 2 is 1.70 bits per heavy atom. The topological polar surface area (TPSA) is 129 Å². The lowest BCUT2D eigenvalue weighted by Crippen LogP contribution is -2.35. The molecule has 3 heterocycles. The molecule has 2 aliphatic rings. The van der Waals surface area contributed by atoms with Crippen LogP contribution >= 0.6 is 11.6 Å². The summed E-state index contributed by atoms with van der Waals surface area (Å²) in [7, 11) is 2.15. The number of carbonyl (C=O) groups is 2. The van der Waals surface area contributed by atoms with Crippen molar-refractivity contribution < 1.29 is 24.5 Å². The van der Waals surface area contributed by atoms with Crippen molar-refractivity contribution in [1.82, 2.24) is 14.5 Å². The van der Waals surface area contributed by atoms with Gasteiger partial charge in [-0.15, -0.1) is 0 Å². The number of imidazole rings is 1. The fourth-order valence-electron chi connectivity index (χ4n) is 4.69. The first-order valence-corrected chi connectivity index (χ1v) is 12.3. The average molecular weight is 523 g/mol. The van der Waals surface area contributed by atoms with E-state index in [0.717, 1.165) is 49.3 Å². The zero-order valence-electron chi connectivity index (χ0n) is 20.3. The maximum Gasteiger partial charge on any atom is 0.414 e. The number of benzene rings is 2. The van der Waals surface area contributed by atoms with E-state index in [9.17, 15) is 5.26 Å². The summed E-state index contributed by atoms with van der Waals surface area (Å²) >= 11 is 6.48. The number of halogens is 1. The van der Waals surface area contributed by atoms with Gasteiger partial charge < -0.3 is 24.4 Å². The van der Waals surface area contributed by atoms with Crippen LogP contribution in [0.5, 0.6) is 0 Å². The lowest BCUT2D eigenvalue weighted by Gasteiger charge is -2.32. The fourth-order valence-corrected chi connectivity index (χ4v) is 4.91. The van der Waals surface area contributed by atoms with Crippen LogP contribution in [0.25, 0.3) is 11.3 Å². The van der Waals surface area contributed by atoms with Crippen molar-refractivity contribution in [3.05, 3.63) is 76.2 Å². The van der Waals surface area contributed by atoms with Gasteiger partial charge in [0.25, 0.3) is 0 Å². The van der Waals surface area contributed by atoms with Crippen molar-refractivity contribution >= 4 is 23.5 Å². The molecular weight excluding hydrogens is 496 g/mol. The zero-order valence-corrected chi connectivity index (χ0v) is 21.1. The Balaban J connectivity index is 0.000000480. The van der Waals surface area contributed by atoms with Crippen molar-refractivity contribution in [2.45, 2.75) is 38.0 Å². The Morgan fingerprint density at radius 1 is 1.05 bits per heavy atom. The summed E-state index contributed by atoms with van der Waals surface area (Å²) < 4.78 is 8.78. The Labute approximate surface area is 219 Å². The molecule has 1 saturated heterocycles. The molecule has 10 heteroatoms. The first-order chi connectivity index (χ1) is 17.8. The minimum Gasteiger partial charge on any atom is -0.473 e. The molecule has 3 aromatic rings. The molecule has 0 aliphatic carbocycles. The fraction of sp³-hybridized carbons (Fsp3) is 0.333. The number of nitriles is 1. The second-order valence-corrected chi connectivity index (χ2v) is 9.40. The molecule has 192 valence electrons. The molecule has 1 fully saturated rings. The quantitative estimate of drug-likeness (QED) is 0.494. The van der Waals surface area contributed by atoms with Crippen LogP contribution in [-0.4, -0.2) is 62.8 Å². The van der Waals surface area contributed by atoms with Crippen molar-refractivity contribution in [1.29, 1.82) is 5.26 Å². The minimum atomic E-state index is -1.82. The molecule has 0 radical (unpaired) electrons. The summed E-state index contributed by atoms with van der Waals surface area (Å²) in [5, 5.41) is 25.4. The predicted octanol–water partition coefficient (Wildman–Crippen LogP) is 3.99.